The van der Waals surface area contributed by atoms with Gasteiger partial charge in [-0.15, -0.1) is 0 Å². The zero-order valence-electron chi connectivity index (χ0n) is 8.06. The molecule has 15 heavy (non-hydrogen) atoms. The molecule has 0 N–H and O–H groups in total. The van der Waals surface area contributed by atoms with E-state index in [1.54, 1.807) is 11.8 Å². The highest BCUT2D eigenvalue weighted by Gasteiger charge is 2.26. The summed E-state index contributed by atoms with van der Waals surface area (Å²) in [5.74, 6) is 0. The van der Waals surface area contributed by atoms with Crippen LogP contribution in [0.2, 0.25) is 0 Å². The summed E-state index contributed by atoms with van der Waals surface area (Å²) in [5, 5.41) is 3.34. The van der Waals surface area contributed by atoms with Crippen molar-refractivity contribution in [2.24, 2.45) is 4.99 Å². The van der Waals surface area contributed by atoms with Crippen molar-refractivity contribution in [1.29, 1.82) is 0 Å². The van der Waals surface area contributed by atoms with Crippen molar-refractivity contribution in [1.82, 2.24) is 4.90 Å². The summed E-state index contributed by atoms with van der Waals surface area (Å²) in [4.78, 5) is 6.72. The van der Waals surface area contributed by atoms with E-state index in [1.807, 2.05) is 6.07 Å². The molecular weight excluding hydrogens is 272 g/mol. The maximum Gasteiger partial charge on any atom is 0.168 e. The predicted molar refractivity (Wildman–Crippen MR) is 61.0 cm³/mol. The lowest BCUT2D eigenvalue weighted by Gasteiger charge is -2.16. The van der Waals surface area contributed by atoms with Gasteiger partial charge < -0.3 is 21.9 Å². The Bertz CT molecular complexity index is 414. The van der Waals surface area contributed by atoms with E-state index < -0.39 is 0 Å². The molecule has 0 aliphatic carbocycles. The van der Waals surface area contributed by atoms with E-state index in [1.165, 1.54) is 11.3 Å². The monoisotopic (exact) mass is 281 g/mol. The summed E-state index contributed by atoms with van der Waals surface area (Å²) in [6.45, 7) is 1.97. The number of nitrogens with zero attached hydrogens (tertiary/aromatic N) is 2. The lowest BCUT2D eigenvalue weighted by Crippen LogP contribution is -3.00. The number of benzene rings is 1. The molecule has 0 atom stereocenters. The molecule has 2 aliphatic rings. The van der Waals surface area contributed by atoms with Crippen LogP contribution in [-0.2, 0) is 0 Å². The van der Waals surface area contributed by atoms with Crippen LogP contribution in [0.4, 0.5) is 0 Å². The summed E-state index contributed by atoms with van der Waals surface area (Å²) >= 11 is 1.73. The fourth-order valence-electron chi connectivity index (χ4n) is 1.76. The smallest absolute Gasteiger partial charge is 0.168 e. The first-order chi connectivity index (χ1) is 6.95. The first-order valence-corrected chi connectivity index (χ1v) is 5.57. The van der Waals surface area contributed by atoms with Crippen LogP contribution in [0.5, 0.6) is 0 Å². The average Bonchev–Trinajstić information content (AvgIpc) is 2.79. The van der Waals surface area contributed by atoms with Gasteiger partial charge in [0.25, 0.3) is 0 Å². The van der Waals surface area contributed by atoms with Crippen LogP contribution in [0, 0.1) is 0 Å². The standard InChI is InChI=1S/C11H10N2S.BrH/c1-2-4-9(5-3-1)10-8-14-11-12-6-7-13(10)11;/h1-5,8H,6-7H2;1H/p-1. The van der Waals surface area contributed by atoms with Gasteiger partial charge in [-0.3, -0.25) is 4.99 Å². The number of fused-ring (bicyclic) bond motifs is 1. The first-order valence-electron chi connectivity index (χ1n) is 4.69. The van der Waals surface area contributed by atoms with Crippen LogP contribution in [0.1, 0.15) is 5.56 Å². The Morgan fingerprint density at radius 3 is 2.80 bits per heavy atom. The van der Waals surface area contributed by atoms with Crippen LogP contribution in [0.3, 0.4) is 0 Å². The van der Waals surface area contributed by atoms with E-state index in [-0.39, 0.29) is 17.0 Å². The molecule has 0 radical (unpaired) electrons. The van der Waals surface area contributed by atoms with Gasteiger partial charge in [0, 0.05) is 12.0 Å². The second kappa shape index (κ2) is 4.41. The normalized spacial score (nSPS) is 18.0. The zero-order chi connectivity index (χ0) is 9.38. The third-order valence-corrected chi connectivity index (χ3v) is 3.34. The van der Waals surface area contributed by atoms with Gasteiger partial charge in [0.05, 0.1) is 12.2 Å². The van der Waals surface area contributed by atoms with Gasteiger partial charge in [-0.05, 0) is 5.56 Å². The molecule has 78 valence electrons. The highest BCUT2D eigenvalue weighted by atomic mass is 79.9. The van der Waals surface area contributed by atoms with Crippen molar-refractivity contribution in [3.05, 3.63) is 41.3 Å². The molecule has 2 aliphatic heterocycles. The molecule has 2 heterocycles. The van der Waals surface area contributed by atoms with Crippen LogP contribution < -0.4 is 17.0 Å². The first kappa shape index (κ1) is 10.8. The maximum atomic E-state index is 4.43. The molecule has 0 amide bonds. The molecule has 2 nitrogen and oxygen atoms in total. The van der Waals surface area contributed by atoms with Crippen LogP contribution in [0.15, 0.2) is 40.7 Å². The number of aliphatic imine (C=N–C) groups is 1. The molecule has 3 rings (SSSR count). The molecule has 0 fully saturated rings. The Labute approximate surface area is 104 Å². The number of hydrogen-bond donors (Lipinski definition) is 0. The Morgan fingerprint density at radius 1 is 1.20 bits per heavy atom. The lowest BCUT2D eigenvalue weighted by atomic mass is 10.1. The van der Waals surface area contributed by atoms with Gasteiger partial charge in [-0.2, -0.15) is 0 Å². The third kappa shape index (κ3) is 1.84. The molecule has 4 heteroatoms. The Morgan fingerprint density at radius 2 is 2.00 bits per heavy atom. The maximum absolute atomic E-state index is 4.43. The van der Waals surface area contributed by atoms with Crippen molar-refractivity contribution >= 4 is 22.6 Å². The van der Waals surface area contributed by atoms with Gasteiger partial charge >= 0.3 is 0 Å². The van der Waals surface area contributed by atoms with Crippen LogP contribution >= 0.6 is 11.8 Å². The highest BCUT2D eigenvalue weighted by Crippen LogP contribution is 2.34. The highest BCUT2D eigenvalue weighted by molar-refractivity contribution is 8.16. The molecular formula is C11H10BrN2S-. The minimum Gasteiger partial charge on any atom is -1.00 e. The van der Waals surface area contributed by atoms with Crippen molar-refractivity contribution in [2.75, 3.05) is 13.1 Å². The SMILES string of the molecule is C1=C(c2ccccc2)N2CCN=C2S1.[Br-]. The summed E-state index contributed by atoms with van der Waals surface area (Å²) in [6, 6.07) is 10.5. The largest absolute Gasteiger partial charge is 1.00 e. The van der Waals surface area contributed by atoms with Crippen molar-refractivity contribution in [2.45, 2.75) is 0 Å². The van der Waals surface area contributed by atoms with Gasteiger partial charge in [0.15, 0.2) is 5.17 Å². The van der Waals surface area contributed by atoms with E-state index in [2.05, 4.69) is 39.6 Å². The molecule has 1 aromatic rings. The number of thioether (sulfide) groups is 1. The van der Waals surface area contributed by atoms with E-state index in [0.29, 0.717) is 0 Å². The molecule has 0 aromatic heterocycles. The summed E-state index contributed by atoms with van der Waals surface area (Å²) < 4.78 is 0. The summed E-state index contributed by atoms with van der Waals surface area (Å²) in [7, 11) is 0. The Balaban J connectivity index is 0.000000853. The molecule has 0 saturated heterocycles. The lowest BCUT2D eigenvalue weighted by molar-refractivity contribution is -0.00000269. The van der Waals surface area contributed by atoms with Crippen LogP contribution in [0.25, 0.3) is 5.70 Å². The second-order valence-corrected chi connectivity index (χ2v) is 4.14. The minimum absolute atomic E-state index is 0. The van der Waals surface area contributed by atoms with E-state index in [0.717, 1.165) is 18.3 Å². The topological polar surface area (TPSA) is 15.6 Å². The molecule has 1 aromatic carbocycles. The molecule has 0 unspecified atom stereocenters. The van der Waals surface area contributed by atoms with Gasteiger partial charge in [0.1, 0.15) is 0 Å². The number of rotatable bonds is 1. The molecule has 0 saturated carbocycles. The van der Waals surface area contributed by atoms with Gasteiger partial charge in [-0.1, -0.05) is 42.1 Å². The third-order valence-electron chi connectivity index (χ3n) is 2.44. The summed E-state index contributed by atoms with van der Waals surface area (Å²) in [5.41, 5.74) is 2.58. The molecule has 0 bridgehead atoms. The summed E-state index contributed by atoms with van der Waals surface area (Å²) in [6.07, 6.45) is 0. The van der Waals surface area contributed by atoms with E-state index in [9.17, 15) is 0 Å². The van der Waals surface area contributed by atoms with Crippen LogP contribution in [-0.4, -0.2) is 23.2 Å². The van der Waals surface area contributed by atoms with E-state index >= 15 is 0 Å². The Kier molecular flexibility index (Phi) is 3.17. The van der Waals surface area contributed by atoms with Gasteiger partial charge in [-0.25, -0.2) is 0 Å². The van der Waals surface area contributed by atoms with Crippen molar-refractivity contribution in [3.8, 4) is 0 Å². The number of amidine groups is 1. The van der Waals surface area contributed by atoms with Crippen molar-refractivity contribution < 1.29 is 17.0 Å². The molecule has 0 spiro atoms. The zero-order valence-corrected chi connectivity index (χ0v) is 10.5. The minimum atomic E-state index is 0. The van der Waals surface area contributed by atoms with E-state index in [4.69, 9.17) is 0 Å². The average molecular weight is 282 g/mol. The quantitative estimate of drug-likeness (QED) is 0.684. The second-order valence-electron chi connectivity index (χ2n) is 3.30. The fourth-order valence-corrected chi connectivity index (χ4v) is 2.72. The fraction of sp³-hybridized carbons (Fsp3) is 0.182. The number of halogens is 1. The number of hydrogen-bond acceptors (Lipinski definition) is 3. The predicted octanol–water partition coefficient (Wildman–Crippen LogP) is -0.593. The van der Waals surface area contributed by atoms with Crippen molar-refractivity contribution in [3.63, 3.8) is 0 Å². The Hall–Kier alpha value is -0.740. The van der Waals surface area contributed by atoms with Gasteiger partial charge in [0.2, 0.25) is 0 Å².